The Kier molecular flexibility index (Phi) is 2.03. The second-order valence-electron chi connectivity index (χ2n) is 2.59. The molecular weight excluding hydrogens is 160 g/mol. The molecule has 1 heterocycles. The van der Waals surface area contributed by atoms with Gasteiger partial charge in [0.05, 0.1) is 12.1 Å². The summed E-state index contributed by atoms with van der Waals surface area (Å²) in [5, 5.41) is 8.47. The van der Waals surface area contributed by atoms with E-state index in [1.165, 1.54) is 15.4 Å². The standard InChI is InChI=1S/C7H10N2O3/c1-8-5(4-7(11)12)3-6(10)9(8)2/h3H,4H2,1-2H3,(H,11,12). The van der Waals surface area contributed by atoms with Crippen molar-refractivity contribution < 1.29 is 9.90 Å². The van der Waals surface area contributed by atoms with Crippen molar-refractivity contribution in [2.45, 2.75) is 6.42 Å². The van der Waals surface area contributed by atoms with E-state index < -0.39 is 5.97 Å². The van der Waals surface area contributed by atoms with Crippen molar-refractivity contribution in [2.75, 3.05) is 0 Å². The van der Waals surface area contributed by atoms with Crippen LogP contribution in [0.4, 0.5) is 0 Å². The first kappa shape index (κ1) is 8.58. The molecule has 5 nitrogen and oxygen atoms in total. The van der Waals surface area contributed by atoms with Gasteiger partial charge >= 0.3 is 5.97 Å². The van der Waals surface area contributed by atoms with Crippen molar-refractivity contribution >= 4 is 5.97 Å². The third kappa shape index (κ3) is 1.39. The van der Waals surface area contributed by atoms with Crippen LogP contribution in [0.15, 0.2) is 10.9 Å². The fourth-order valence-corrected chi connectivity index (χ4v) is 0.990. The number of rotatable bonds is 2. The zero-order valence-electron chi connectivity index (χ0n) is 6.94. The minimum absolute atomic E-state index is 0.118. The first-order valence-electron chi connectivity index (χ1n) is 3.46. The van der Waals surface area contributed by atoms with E-state index in [9.17, 15) is 9.59 Å². The molecule has 0 bridgehead atoms. The number of hydrogen-bond acceptors (Lipinski definition) is 2. The van der Waals surface area contributed by atoms with Crippen LogP contribution in [0.3, 0.4) is 0 Å². The smallest absolute Gasteiger partial charge is 0.309 e. The van der Waals surface area contributed by atoms with Crippen molar-refractivity contribution in [1.82, 2.24) is 9.36 Å². The first-order chi connectivity index (χ1) is 5.52. The molecule has 0 aliphatic carbocycles. The highest BCUT2D eigenvalue weighted by Crippen LogP contribution is 1.95. The molecule has 5 heteroatoms. The first-order valence-corrected chi connectivity index (χ1v) is 3.46. The summed E-state index contributed by atoms with van der Waals surface area (Å²) in [5.74, 6) is -0.934. The Morgan fingerprint density at radius 1 is 1.50 bits per heavy atom. The zero-order valence-corrected chi connectivity index (χ0v) is 6.94. The minimum Gasteiger partial charge on any atom is -0.481 e. The monoisotopic (exact) mass is 170 g/mol. The lowest BCUT2D eigenvalue weighted by Crippen LogP contribution is -2.17. The summed E-state index contributed by atoms with van der Waals surface area (Å²) in [6.07, 6.45) is -0.118. The molecule has 1 N–H and O–H groups in total. The van der Waals surface area contributed by atoms with Gasteiger partial charge in [0.15, 0.2) is 0 Å². The molecule has 0 saturated heterocycles. The van der Waals surface area contributed by atoms with E-state index in [1.807, 2.05) is 0 Å². The Morgan fingerprint density at radius 3 is 2.42 bits per heavy atom. The summed E-state index contributed by atoms with van der Waals surface area (Å²) >= 11 is 0. The highest BCUT2D eigenvalue weighted by Gasteiger charge is 2.07. The molecule has 0 fully saturated rings. The Bertz CT molecular complexity index is 361. The number of carboxylic acid groups (broad SMARTS) is 1. The summed E-state index contributed by atoms with van der Waals surface area (Å²) in [5.41, 5.74) is 0.323. The van der Waals surface area contributed by atoms with Crippen molar-refractivity contribution in [3.8, 4) is 0 Å². The number of carbonyl (C=O) groups is 1. The summed E-state index contributed by atoms with van der Waals surface area (Å²) in [6.45, 7) is 0. The normalized spacial score (nSPS) is 10.2. The predicted molar refractivity (Wildman–Crippen MR) is 42.0 cm³/mol. The molecule has 1 rings (SSSR count). The Balaban J connectivity index is 3.09. The maximum absolute atomic E-state index is 11.0. The number of aromatic nitrogens is 2. The number of carboxylic acids is 1. The Labute approximate surface area is 68.8 Å². The summed E-state index contributed by atoms with van der Waals surface area (Å²) in [4.78, 5) is 21.3. The third-order valence-electron chi connectivity index (χ3n) is 1.81. The van der Waals surface area contributed by atoms with Gasteiger partial charge in [0.1, 0.15) is 0 Å². The molecule has 0 spiro atoms. The van der Waals surface area contributed by atoms with Gasteiger partial charge in [-0.25, -0.2) is 0 Å². The molecule has 0 aromatic carbocycles. The molecule has 0 radical (unpaired) electrons. The summed E-state index contributed by atoms with van der Waals surface area (Å²) in [6, 6.07) is 1.33. The second kappa shape index (κ2) is 2.84. The number of hydrogen-bond donors (Lipinski definition) is 1. The maximum Gasteiger partial charge on any atom is 0.309 e. The highest BCUT2D eigenvalue weighted by atomic mass is 16.4. The number of nitrogens with zero attached hydrogens (tertiary/aromatic N) is 2. The van der Waals surface area contributed by atoms with Crippen molar-refractivity contribution in [1.29, 1.82) is 0 Å². The topological polar surface area (TPSA) is 64.2 Å². The molecule has 0 aliphatic heterocycles. The van der Waals surface area contributed by atoms with Crippen LogP contribution in [0, 0.1) is 0 Å². The van der Waals surface area contributed by atoms with Gasteiger partial charge in [-0.15, -0.1) is 0 Å². The molecule has 0 saturated carbocycles. The van der Waals surface area contributed by atoms with Gasteiger partial charge in [0.2, 0.25) is 0 Å². The predicted octanol–water partition coefficient (Wildman–Crippen LogP) is -0.649. The average molecular weight is 170 g/mol. The molecule has 1 aromatic heterocycles. The SMILES string of the molecule is Cn1c(CC(=O)O)cc(=O)n1C. The van der Waals surface area contributed by atoms with Crippen LogP contribution in [-0.2, 0) is 25.3 Å². The zero-order chi connectivity index (χ0) is 9.30. The third-order valence-corrected chi connectivity index (χ3v) is 1.81. The van der Waals surface area contributed by atoms with Gasteiger partial charge in [-0.3, -0.25) is 19.0 Å². The van der Waals surface area contributed by atoms with Crippen LogP contribution in [-0.4, -0.2) is 20.4 Å². The van der Waals surface area contributed by atoms with Crippen LogP contribution in [0.1, 0.15) is 5.69 Å². The van der Waals surface area contributed by atoms with E-state index in [4.69, 9.17) is 5.11 Å². The van der Waals surface area contributed by atoms with E-state index in [0.29, 0.717) is 5.69 Å². The van der Waals surface area contributed by atoms with Crippen molar-refractivity contribution in [3.05, 3.63) is 22.1 Å². The Morgan fingerprint density at radius 2 is 2.08 bits per heavy atom. The van der Waals surface area contributed by atoms with E-state index in [0.717, 1.165) is 0 Å². The summed E-state index contributed by atoms with van der Waals surface area (Å²) < 4.78 is 2.88. The van der Waals surface area contributed by atoms with Gasteiger partial charge in [-0.2, -0.15) is 0 Å². The van der Waals surface area contributed by atoms with Crippen LogP contribution < -0.4 is 5.56 Å². The minimum atomic E-state index is -0.934. The molecule has 0 aliphatic rings. The lowest BCUT2D eigenvalue weighted by Gasteiger charge is -2.02. The maximum atomic E-state index is 11.0. The van der Waals surface area contributed by atoms with Gasteiger partial charge in [-0.05, 0) is 0 Å². The van der Waals surface area contributed by atoms with E-state index in [2.05, 4.69) is 0 Å². The largest absolute Gasteiger partial charge is 0.481 e. The van der Waals surface area contributed by atoms with Crippen LogP contribution in [0.5, 0.6) is 0 Å². The number of aliphatic carboxylic acids is 1. The van der Waals surface area contributed by atoms with Gasteiger partial charge < -0.3 is 5.11 Å². The fraction of sp³-hybridized carbons (Fsp3) is 0.429. The lowest BCUT2D eigenvalue weighted by atomic mass is 10.3. The van der Waals surface area contributed by atoms with Crippen molar-refractivity contribution in [3.63, 3.8) is 0 Å². The van der Waals surface area contributed by atoms with E-state index >= 15 is 0 Å². The highest BCUT2D eigenvalue weighted by molar-refractivity contribution is 5.69. The second-order valence-corrected chi connectivity index (χ2v) is 2.59. The van der Waals surface area contributed by atoms with Gasteiger partial charge in [0, 0.05) is 20.2 Å². The molecule has 0 atom stereocenters. The average Bonchev–Trinajstić information content (AvgIpc) is 2.17. The van der Waals surface area contributed by atoms with E-state index in [1.54, 1.807) is 14.1 Å². The van der Waals surface area contributed by atoms with Gasteiger partial charge in [0.25, 0.3) is 5.56 Å². The van der Waals surface area contributed by atoms with Gasteiger partial charge in [-0.1, -0.05) is 0 Å². The van der Waals surface area contributed by atoms with E-state index in [-0.39, 0.29) is 12.0 Å². The molecule has 66 valence electrons. The molecule has 1 aromatic rings. The summed E-state index contributed by atoms with van der Waals surface area (Å²) in [7, 11) is 3.24. The fourth-order valence-electron chi connectivity index (χ4n) is 0.990. The van der Waals surface area contributed by atoms with Crippen molar-refractivity contribution in [2.24, 2.45) is 14.1 Å². The van der Waals surface area contributed by atoms with Crippen LogP contribution in [0.25, 0.3) is 0 Å². The lowest BCUT2D eigenvalue weighted by molar-refractivity contribution is -0.136. The van der Waals surface area contributed by atoms with Crippen LogP contribution in [0.2, 0.25) is 0 Å². The molecule has 12 heavy (non-hydrogen) atoms. The molecule has 0 unspecified atom stereocenters. The quantitative estimate of drug-likeness (QED) is 0.641. The van der Waals surface area contributed by atoms with Crippen LogP contribution >= 0.6 is 0 Å². The Hall–Kier alpha value is -1.52. The molecular formula is C7H10N2O3. The molecule has 0 amide bonds.